The molecule has 0 spiro atoms. The van der Waals surface area contributed by atoms with Gasteiger partial charge in [-0.15, -0.1) is 11.8 Å². The van der Waals surface area contributed by atoms with Gasteiger partial charge in [-0.25, -0.2) is 9.97 Å². The van der Waals surface area contributed by atoms with Crippen LogP contribution in [0.4, 0.5) is 0 Å². The lowest BCUT2D eigenvalue weighted by Crippen LogP contribution is -2.49. The Bertz CT molecular complexity index is 937. The topological polar surface area (TPSA) is 71.3 Å². The Morgan fingerprint density at radius 1 is 1.21 bits per heavy atom. The summed E-state index contributed by atoms with van der Waals surface area (Å²) in [6.45, 7) is 8.09. The minimum Gasteiger partial charge on any atom is -0.341 e. The number of imidazole rings is 1. The number of carbonyl (C=O) groups excluding carboxylic acids is 2. The lowest BCUT2D eigenvalue weighted by molar-refractivity contribution is -0.134. The summed E-state index contributed by atoms with van der Waals surface area (Å²) < 4.78 is 2.18. The molecule has 0 bridgehead atoms. The lowest BCUT2D eigenvalue weighted by Gasteiger charge is -2.28. The number of amides is 2. The van der Waals surface area contributed by atoms with Crippen LogP contribution in [0.2, 0.25) is 0 Å². The van der Waals surface area contributed by atoms with Crippen molar-refractivity contribution in [1.82, 2.24) is 24.3 Å². The van der Waals surface area contributed by atoms with Gasteiger partial charge in [-0.2, -0.15) is 0 Å². The molecule has 7 nitrogen and oxygen atoms in total. The first kappa shape index (κ1) is 20.2. The van der Waals surface area contributed by atoms with Crippen molar-refractivity contribution in [3.63, 3.8) is 0 Å². The molecule has 4 rings (SSSR count). The Kier molecular flexibility index (Phi) is 5.81. The van der Waals surface area contributed by atoms with Crippen molar-refractivity contribution in [1.29, 1.82) is 0 Å². The highest BCUT2D eigenvalue weighted by Crippen LogP contribution is 2.29. The Morgan fingerprint density at radius 3 is 2.76 bits per heavy atom. The number of hydrogen-bond donors (Lipinski definition) is 0. The number of pyridine rings is 1. The third kappa shape index (κ3) is 3.63. The average Bonchev–Trinajstić information content (AvgIpc) is 3.26. The van der Waals surface area contributed by atoms with Gasteiger partial charge in [0.2, 0.25) is 5.91 Å². The molecule has 156 valence electrons. The van der Waals surface area contributed by atoms with Gasteiger partial charge in [-0.1, -0.05) is 6.42 Å². The van der Waals surface area contributed by atoms with Gasteiger partial charge in [0.15, 0.2) is 5.65 Å². The number of carbonyl (C=O) groups is 2. The first-order chi connectivity index (χ1) is 14.0. The summed E-state index contributed by atoms with van der Waals surface area (Å²) in [6.07, 6.45) is 4.35. The number of fused-ring (bicyclic) bond motifs is 3. The van der Waals surface area contributed by atoms with Crippen LogP contribution in [0.15, 0.2) is 6.07 Å². The summed E-state index contributed by atoms with van der Waals surface area (Å²) in [5, 5.41) is 0. The second-order valence-corrected chi connectivity index (χ2v) is 8.77. The maximum absolute atomic E-state index is 13.6. The van der Waals surface area contributed by atoms with Gasteiger partial charge in [0, 0.05) is 37.5 Å². The first-order valence-electron chi connectivity index (χ1n) is 10.6. The zero-order valence-electron chi connectivity index (χ0n) is 17.5. The number of aromatic nitrogens is 3. The van der Waals surface area contributed by atoms with Crippen molar-refractivity contribution in [2.75, 3.05) is 24.7 Å². The minimum absolute atomic E-state index is 0.0380. The molecular weight excluding hydrogens is 386 g/mol. The Labute approximate surface area is 175 Å². The number of likely N-dealkylation sites (N-methyl/N-ethyl adjacent to an activating group) is 1. The van der Waals surface area contributed by atoms with E-state index in [1.165, 1.54) is 6.42 Å². The minimum atomic E-state index is -0.406. The summed E-state index contributed by atoms with van der Waals surface area (Å²) in [5.41, 5.74) is 2.88. The molecule has 29 heavy (non-hydrogen) atoms. The molecule has 1 fully saturated rings. The lowest BCUT2D eigenvalue weighted by atomic mass is 10.1. The fourth-order valence-corrected chi connectivity index (χ4v) is 5.47. The predicted molar refractivity (Wildman–Crippen MR) is 115 cm³/mol. The quantitative estimate of drug-likeness (QED) is 0.768. The largest absolute Gasteiger partial charge is 0.341 e. The molecule has 4 heterocycles. The smallest absolute Gasteiger partial charge is 0.257 e. The van der Waals surface area contributed by atoms with E-state index < -0.39 is 6.04 Å². The second-order valence-electron chi connectivity index (χ2n) is 7.77. The molecule has 0 unspecified atom stereocenters. The van der Waals surface area contributed by atoms with E-state index in [1.54, 1.807) is 16.7 Å². The molecule has 0 radical (unpaired) electrons. The Balaban J connectivity index is 1.72. The highest BCUT2D eigenvalue weighted by molar-refractivity contribution is 7.99. The van der Waals surface area contributed by atoms with E-state index in [9.17, 15) is 9.59 Å². The first-order valence-corrected chi connectivity index (χ1v) is 11.7. The van der Waals surface area contributed by atoms with Gasteiger partial charge in [-0.3, -0.25) is 9.59 Å². The van der Waals surface area contributed by atoms with Crippen molar-refractivity contribution in [3.8, 4) is 0 Å². The maximum atomic E-state index is 13.6. The van der Waals surface area contributed by atoms with E-state index in [2.05, 4.69) is 4.57 Å². The van der Waals surface area contributed by atoms with Gasteiger partial charge < -0.3 is 14.4 Å². The van der Waals surface area contributed by atoms with Crippen LogP contribution in [0.5, 0.6) is 0 Å². The number of aryl methyl sites for hydroxylation is 3. The number of nitrogens with zero attached hydrogens (tertiary/aromatic N) is 5. The van der Waals surface area contributed by atoms with Crippen LogP contribution >= 0.6 is 11.8 Å². The normalized spacial score (nSPS) is 19.3. The molecular formula is C21H29N5O2S. The zero-order valence-corrected chi connectivity index (χ0v) is 18.3. The van der Waals surface area contributed by atoms with Crippen LogP contribution in [0.1, 0.15) is 55.0 Å². The summed E-state index contributed by atoms with van der Waals surface area (Å²) in [5.74, 6) is 2.14. The summed E-state index contributed by atoms with van der Waals surface area (Å²) in [4.78, 5) is 39.6. The molecule has 8 heteroatoms. The summed E-state index contributed by atoms with van der Waals surface area (Å²) >= 11 is 1.64. The zero-order chi connectivity index (χ0) is 20.5. The van der Waals surface area contributed by atoms with Crippen LogP contribution in [0.3, 0.4) is 0 Å². The Morgan fingerprint density at radius 2 is 2.00 bits per heavy atom. The van der Waals surface area contributed by atoms with E-state index in [4.69, 9.17) is 9.97 Å². The number of thioether (sulfide) groups is 1. The third-order valence-electron chi connectivity index (χ3n) is 5.93. The van der Waals surface area contributed by atoms with Gasteiger partial charge in [0.05, 0.1) is 11.4 Å². The van der Waals surface area contributed by atoms with Crippen LogP contribution in [-0.4, -0.2) is 66.9 Å². The van der Waals surface area contributed by atoms with Crippen molar-refractivity contribution in [2.45, 2.75) is 59.0 Å². The average molecular weight is 416 g/mol. The maximum Gasteiger partial charge on any atom is 0.257 e. The van der Waals surface area contributed by atoms with Crippen molar-refractivity contribution >= 4 is 34.7 Å². The van der Waals surface area contributed by atoms with Crippen molar-refractivity contribution in [3.05, 3.63) is 23.1 Å². The molecule has 2 aromatic rings. The van der Waals surface area contributed by atoms with Gasteiger partial charge >= 0.3 is 0 Å². The van der Waals surface area contributed by atoms with Gasteiger partial charge in [0.1, 0.15) is 17.4 Å². The number of rotatable bonds is 4. The summed E-state index contributed by atoms with van der Waals surface area (Å²) in [6, 6.07) is 1.43. The summed E-state index contributed by atoms with van der Waals surface area (Å²) in [7, 11) is 0. The van der Waals surface area contributed by atoms with E-state index in [0.29, 0.717) is 35.8 Å². The van der Waals surface area contributed by atoms with Crippen LogP contribution in [-0.2, 0) is 17.8 Å². The fourth-order valence-electron chi connectivity index (χ4n) is 4.33. The molecule has 2 aromatic heterocycles. The predicted octanol–water partition coefficient (Wildman–Crippen LogP) is 2.85. The Hall–Kier alpha value is -2.09. The molecule has 2 amide bonds. The highest BCUT2D eigenvalue weighted by Gasteiger charge is 2.38. The van der Waals surface area contributed by atoms with Gasteiger partial charge in [0.25, 0.3) is 5.91 Å². The second kappa shape index (κ2) is 8.34. The van der Waals surface area contributed by atoms with E-state index in [0.717, 1.165) is 43.0 Å². The van der Waals surface area contributed by atoms with E-state index >= 15 is 0 Å². The fraction of sp³-hybridized carbons (Fsp3) is 0.619. The van der Waals surface area contributed by atoms with Crippen LogP contribution < -0.4 is 0 Å². The van der Waals surface area contributed by atoms with Gasteiger partial charge in [-0.05, 0) is 39.7 Å². The monoisotopic (exact) mass is 415 g/mol. The molecule has 1 atom stereocenters. The molecule has 2 aliphatic heterocycles. The molecule has 0 N–H and O–H groups in total. The highest BCUT2D eigenvalue weighted by atomic mass is 32.2. The van der Waals surface area contributed by atoms with E-state index in [-0.39, 0.29) is 11.8 Å². The standard InChI is InChI=1S/C21H29N5O2S/c1-4-24(5-2)21(28)16-12-29-13-26(16)20(27)15-11-14(3)22-19-18(15)23-17-9-7-6-8-10-25(17)19/h11,16H,4-10,12-13H2,1-3H3/t16-/m0/s1. The molecule has 1 saturated heterocycles. The molecule has 2 aliphatic rings. The van der Waals surface area contributed by atoms with Crippen LogP contribution in [0, 0.1) is 6.92 Å². The molecule has 0 aliphatic carbocycles. The molecule has 0 aromatic carbocycles. The van der Waals surface area contributed by atoms with Crippen LogP contribution in [0.25, 0.3) is 11.2 Å². The van der Waals surface area contributed by atoms with Crippen molar-refractivity contribution < 1.29 is 9.59 Å². The molecule has 0 saturated carbocycles. The van der Waals surface area contributed by atoms with Crippen molar-refractivity contribution in [2.24, 2.45) is 0 Å². The SMILES string of the molecule is CCN(CC)C(=O)[C@@H]1CSCN1C(=O)c1cc(C)nc2c1nc1n2CCCCC1. The number of hydrogen-bond acceptors (Lipinski definition) is 5. The van der Waals surface area contributed by atoms with E-state index in [1.807, 2.05) is 31.7 Å². The third-order valence-corrected chi connectivity index (χ3v) is 6.94.